The molecule has 0 radical (unpaired) electrons. The Morgan fingerprint density at radius 2 is 1.65 bits per heavy atom. The number of ether oxygens (including phenoxy) is 3. The second-order valence-corrected chi connectivity index (χ2v) is 8.25. The molecule has 1 N–H and O–H groups in total. The van der Waals surface area contributed by atoms with Crippen LogP contribution in [0, 0.1) is 0 Å². The van der Waals surface area contributed by atoms with Crippen LogP contribution in [0.5, 0.6) is 5.75 Å². The number of pyridine rings is 1. The molecule has 0 spiro atoms. The average molecular weight is 469 g/mol. The summed E-state index contributed by atoms with van der Waals surface area (Å²) in [7, 11) is 1.23. The summed E-state index contributed by atoms with van der Waals surface area (Å²) in [5.74, 6) is -1.11. The first-order valence-electron chi connectivity index (χ1n) is 9.17. The van der Waals surface area contributed by atoms with Crippen molar-refractivity contribution in [2.24, 2.45) is 0 Å². The molecule has 0 saturated heterocycles. The number of carbonyl (C=O) groups is 3. The number of nitrogens with zero attached hydrogens (tertiary/aromatic N) is 1. The van der Waals surface area contributed by atoms with Gasteiger partial charge in [0.05, 0.1) is 17.2 Å². The van der Waals surface area contributed by atoms with Gasteiger partial charge in [0.25, 0.3) is 0 Å². The van der Waals surface area contributed by atoms with E-state index < -0.39 is 29.7 Å². The topological polar surface area (TPSA) is 104 Å². The van der Waals surface area contributed by atoms with E-state index in [-0.39, 0.29) is 27.8 Å². The molecule has 166 valence electrons. The van der Waals surface area contributed by atoms with Crippen molar-refractivity contribution in [2.75, 3.05) is 7.11 Å². The van der Waals surface area contributed by atoms with Crippen molar-refractivity contribution in [1.82, 2.24) is 10.3 Å². The van der Waals surface area contributed by atoms with Gasteiger partial charge < -0.3 is 19.5 Å². The van der Waals surface area contributed by atoms with Crippen molar-refractivity contribution in [3.63, 3.8) is 0 Å². The molecule has 0 fully saturated rings. The number of amides is 1. The van der Waals surface area contributed by atoms with E-state index in [4.69, 9.17) is 37.4 Å². The SMILES string of the molecule is COC(=O)[C@H](Cc1ccc(OC(=O)c2c(Cl)cncc2Cl)cc1)NC(=O)OC(C)(C)C. The number of esters is 2. The lowest BCUT2D eigenvalue weighted by Gasteiger charge is -2.22. The Balaban J connectivity index is 2.07. The van der Waals surface area contributed by atoms with Crippen molar-refractivity contribution in [1.29, 1.82) is 0 Å². The highest BCUT2D eigenvalue weighted by Gasteiger charge is 2.25. The zero-order valence-electron chi connectivity index (χ0n) is 17.4. The van der Waals surface area contributed by atoms with Gasteiger partial charge in [-0.1, -0.05) is 35.3 Å². The summed E-state index contributed by atoms with van der Waals surface area (Å²) >= 11 is 11.9. The molecule has 0 aliphatic rings. The minimum absolute atomic E-state index is 0.00901. The second kappa shape index (κ2) is 10.5. The zero-order chi connectivity index (χ0) is 23.2. The lowest BCUT2D eigenvalue weighted by Crippen LogP contribution is -2.45. The maximum Gasteiger partial charge on any atom is 0.408 e. The van der Waals surface area contributed by atoms with E-state index in [2.05, 4.69) is 10.3 Å². The van der Waals surface area contributed by atoms with Gasteiger partial charge in [-0.3, -0.25) is 4.98 Å². The van der Waals surface area contributed by atoms with Crippen LogP contribution < -0.4 is 10.1 Å². The van der Waals surface area contributed by atoms with Gasteiger partial charge in [0.2, 0.25) is 0 Å². The predicted octanol–water partition coefficient (Wildman–Crippen LogP) is 4.22. The van der Waals surface area contributed by atoms with Crippen LogP contribution in [0.25, 0.3) is 0 Å². The highest BCUT2D eigenvalue weighted by molar-refractivity contribution is 6.39. The Labute approximate surface area is 189 Å². The smallest absolute Gasteiger partial charge is 0.408 e. The predicted molar refractivity (Wildman–Crippen MR) is 115 cm³/mol. The van der Waals surface area contributed by atoms with Gasteiger partial charge in [0.15, 0.2) is 0 Å². The molecule has 2 rings (SSSR count). The molecular formula is C21H22Cl2N2O6. The van der Waals surface area contributed by atoms with Crippen LogP contribution in [0.2, 0.25) is 10.0 Å². The third-order valence-corrected chi connectivity index (χ3v) is 4.38. The lowest BCUT2D eigenvalue weighted by molar-refractivity contribution is -0.143. The lowest BCUT2D eigenvalue weighted by atomic mass is 10.1. The number of nitrogens with one attached hydrogen (secondary N) is 1. The first kappa shape index (κ1) is 24.4. The van der Waals surface area contributed by atoms with Crippen molar-refractivity contribution in [3.05, 3.63) is 57.8 Å². The van der Waals surface area contributed by atoms with Crippen LogP contribution in [0.1, 0.15) is 36.7 Å². The molecule has 1 amide bonds. The first-order chi connectivity index (χ1) is 14.5. The quantitative estimate of drug-likeness (QED) is 0.499. The number of halogens is 2. The fraction of sp³-hybridized carbons (Fsp3) is 0.333. The molecule has 1 aromatic carbocycles. The van der Waals surface area contributed by atoms with Crippen LogP contribution >= 0.6 is 23.2 Å². The minimum atomic E-state index is -0.956. The van der Waals surface area contributed by atoms with E-state index in [1.807, 2.05) is 0 Å². The van der Waals surface area contributed by atoms with Crippen molar-refractivity contribution >= 4 is 41.2 Å². The summed E-state index contributed by atoms with van der Waals surface area (Å²) in [5.41, 5.74) is -0.0161. The normalized spacial score (nSPS) is 11.9. The third-order valence-electron chi connectivity index (χ3n) is 3.81. The largest absolute Gasteiger partial charge is 0.467 e. The van der Waals surface area contributed by atoms with Crippen LogP contribution in [0.15, 0.2) is 36.7 Å². The van der Waals surface area contributed by atoms with Crippen LogP contribution in [0.3, 0.4) is 0 Å². The van der Waals surface area contributed by atoms with Gasteiger partial charge in [-0.15, -0.1) is 0 Å². The fourth-order valence-corrected chi connectivity index (χ4v) is 3.00. The molecule has 0 unspecified atom stereocenters. The minimum Gasteiger partial charge on any atom is -0.467 e. The number of hydrogen-bond acceptors (Lipinski definition) is 7. The fourth-order valence-electron chi connectivity index (χ4n) is 2.48. The Kier molecular flexibility index (Phi) is 8.24. The summed E-state index contributed by atoms with van der Waals surface area (Å²) in [6.07, 6.45) is 1.98. The van der Waals surface area contributed by atoms with Gasteiger partial charge in [-0.05, 0) is 38.5 Å². The summed E-state index contributed by atoms with van der Waals surface area (Å²) in [6.45, 7) is 5.14. The standard InChI is InChI=1S/C21H22Cl2N2O6/c1-21(2,3)31-20(28)25-16(18(26)29-4)9-12-5-7-13(8-6-12)30-19(27)17-14(22)10-24-11-15(17)23/h5-8,10-11,16H,9H2,1-4H3,(H,25,28)/t16-/m0/s1. The second-order valence-electron chi connectivity index (χ2n) is 7.44. The molecule has 0 aliphatic carbocycles. The Hall–Kier alpha value is -2.84. The van der Waals surface area contributed by atoms with Gasteiger partial charge in [0, 0.05) is 18.8 Å². The maximum absolute atomic E-state index is 12.3. The van der Waals surface area contributed by atoms with Gasteiger partial charge in [-0.25, -0.2) is 14.4 Å². The Bertz CT molecular complexity index is 937. The number of rotatable bonds is 6. The molecule has 1 aromatic heterocycles. The third kappa shape index (κ3) is 7.41. The zero-order valence-corrected chi connectivity index (χ0v) is 18.9. The molecular weight excluding hydrogens is 447 g/mol. The highest BCUT2D eigenvalue weighted by atomic mass is 35.5. The van der Waals surface area contributed by atoms with Crippen LogP contribution in [-0.4, -0.2) is 41.8 Å². The van der Waals surface area contributed by atoms with Crippen molar-refractivity contribution in [2.45, 2.75) is 38.8 Å². The first-order valence-corrected chi connectivity index (χ1v) is 9.93. The monoisotopic (exact) mass is 468 g/mol. The molecule has 1 atom stereocenters. The van der Waals surface area contributed by atoms with Crippen molar-refractivity contribution < 1.29 is 28.6 Å². The van der Waals surface area contributed by atoms with Gasteiger partial charge in [-0.2, -0.15) is 0 Å². The molecule has 31 heavy (non-hydrogen) atoms. The molecule has 0 aliphatic heterocycles. The van der Waals surface area contributed by atoms with E-state index in [0.29, 0.717) is 5.56 Å². The average Bonchev–Trinajstić information content (AvgIpc) is 2.66. The van der Waals surface area contributed by atoms with E-state index in [9.17, 15) is 14.4 Å². The summed E-state index contributed by atoms with van der Waals surface area (Å²) < 4.78 is 15.2. The summed E-state index contributed by atoms with van der Waals surface area (Å²) in [4.78, 5) is 40.2. The van der Waals surface area contributed by atoms with Gasteiger partial charge in [0.1, 0.15) is 23.0 Å². The number of carbonyl (C=O) groups excluding carboxylic acids is 3. The van der Waals surface area contributed by atoms with Crippen LogP contribution in [0.4, 0.5) is 4.79 Å². The van der Waals surface area contributed by atoms with Crippen LogP contribution in [-0.2, 0) is 20.7 Å². The summed E-state index contributed by atoms with van der Waals surface area (Å²) in [6, 6.07) is 5.41. The maximum atomic E-state index is 12.3. The molecule has 8 nitrogen and oxygen atoms in total. The van der Waals surface area contributed by atoms with E-state index in [0.717, 1.165) is 0 Å². The Morgan fingerprint density at radius 3 is 2.16 bits per heavy atom. The molecule has 0 bridgehead atoms. The number of aromatic nitrogens is 1. The molecule has 0 saturated carbocycles. The Morgan fingerprint density at radius 1 is 1.06 bits per heavy atom. The van der Waals surface area contributed by atoms with Gasteiger partial charge >= 0.3 is 18.0 Å². The van der Waals surface area contributed by atoms with Crippen molar-refractivity contribution in [3.8, 4) is 5.75 Å². The van der Waals surface area contributed by atoms with E-state index in [1.54, 1.807) is 32.9 Å². The molecule has 10 heteroatoms. The molecule has 2 aromatic rings. The summed E-state index contributed by atoms with van der Waals surface area (Å²) in [5, 5.41) is 2.64. The number of benzene rings is 1. The number of alkyl carbamates (subject to hydrolysis) is 1. The highest BCUT2D eigenvalue weighted by Crippen LogP contribution is 2.25. The number of methoxy groups -OCH3 is 1. The van der Waals surface area contributed by atoms with E-state index in [1.165, 1.54) is 31.6 Å². The van der Waals surface area contributed by atoms with E-state index >= 15 is 0 Å². The number of hydrogen-bond donors (Lipinski definition) is 1. The molecule has 1 heterocycles.